The summed E-state index contributed by atoms with van der Waals surface area (Å²) in [5.74, 6) is -0.0731. The summed E-state index contributed by atoms with van der Waals surface area (Å²) in [6.45, 7) is 4.51. The number of nitrogens with one attached hydrogen (secondary N) is 1. The Balaban J connectivity index is 1.74. The number of sulfonamides is 1. The van der Waals surface area contributed by atoms with E-state index in [4.69, 9.17) is 0 Å². The zero-order valence-electron chi connectivity index (χ0n) is 16.5. The highest BCUT2D eigenvalue weighted by Gasteiger charge is 2.31. The summed E-state index contributed by atoms with van der Waals surface area (Å²) in [7, 11) is -3.18. The molecule has 1 heterocycles. The average Bonchev–Trinajstić information content (AvgIpc) is 2.72. The van der Waals surface area contributed by atoms with Crippen LogP contribution in [0.1, 0.15) is 42.5 Å². The minimum Gasteiger partial charge on any atom is -0.345 e. The lowest BCUT2D eigenvalue weighted by atomic mass is 9.93. The first-order chi connectivity index (χ1) is 13.4. The maximum atomic E-state index is 13.0. The Hall–Kier alpha value is -2.18. The number of aryl methyl sites for hydroxylation is 1. The molecule has 0 aromatic heterocycles. The molecule has 0 unspecified atom stereocenters. The molecule has 28 heavy (non-hydrogen) atoms. The molecule has 5 nitrogen and oxygen atoms in total. The van der Waals surface area contributed by atoms with Gasteiger partial charge in [0.25, 0.3) is 0 Å². The standard InChI is InChI=1S/C22H28N2O3S/c1-3-28(26,27)24-14-12-19(13-15-24)22(25)23-21(18-9-5-4-6-10-18)20-11-7-8-17(2)16-20/h4-11,16,19,21H,3,12-15H2,1-2H3,(H,23,25)/t21-/m1/s1. The first-order valence-electron chi connectivity index (χ1n) is 9.80. The Kier molecular flexibility index (Phi) is 6.52. The highest BCUT2D eigenvalue weighted by Crippen LogP contribution is 2.26. The van der Waals surface area contributed by atoms with E-state index >= 15 is 0 Å². The Bertz CT molecular complexity index is 904. The molecular weight excluding hydrogens is 372 g/mol. The van der Waals surface area contributed by atoms with Crippen molar-refractivity contribution in [2.45, 2.75) is 32.7 Å². The summed E-state index contributed by atoms with van der Waals surface area (Å²) < 4.78 is 25.6. The predicted molar refractivity (Wildman–Crippen MR) is 111 cm³/mol. The van der Waals surface area contributed by atoms with Crippen LogP contribution in [-0.2, 0) is 14.8 Å². The van der Waals surface area contributed by atoms with Crippen molar-refractivity contribution < 1.29 is 13.2 Å². The van der Waals surface area contributed by atoms with Crippen molar-refractivity contribution in [1.82, 2.24) is 9.62 Å². The first kappa shape index (κ1) is 20.6. The van der Waals surface area contributed by atoms with Gasteiger partial charge in [0.05, 0.1) is 11.8 Å². The molecule has 2 aromatic rings. The van der Waals surface area contributed by atoms with E-state index in [9.17, 15) is 13.2 Å². The third-order valence-corrected chi connectivity index (χ3v) is 7.26. The van der Waals surface area contributed by atoms with Crippen molar-refractivity contribution in [3.63, 3.8) is 0 Å². The summed E-state index contributed by atoms with van der Waals surface area (Å²) in [5.41, 5.74) is 3.23. The number of amides is 1. The normalized spacial score (nSPS) is 17.2. The Morgan fingerprint density at radius 3 is 2.32 bits per heavy atom. The Morgan fingerprint density at radius 1 is 1.07 bits per heavy atom. The van der Waals surface area contributed by atoms with Crippen molar-refractivity contribution in [3.05, 3.63) is 71.3 Å². The van der Waals surface area contributed by atoms with Gasteiger partial charge in [0.15, 0.2) is 0 Å². The van der Waals surface area contributed by atoms with Crippen LogP contribution in [-0.4, -0.2) is 37.5 Å². The number of piperidine rings is 1. The summed E-state index contributed by atoms with van der Waals surface area (Å²) in [6.07, 6.45) is 1.11. The SMILES string of the molecule is CCS(=O)(=O)N1CCC(C(=O)N[C@H](c2ccccc2)c2cccc(C)c2)CC1. The molecule has 2 aromatic carbocycles. The smallest absolute Gasteiger partial charge is 0.223 e. The number of hydrogen-bond acceptors (Lipinski definition) is 3. The number of hydrogen-bond donors (Lipinski definition) is 1. The lowest BCUT2D eigenvalue weighted by Crippen LogP contribution is -2.44. The fraction of sp³-hybridized carbons (Fsp3) is 0.409. The topological polar surface area (TPSA) is 66.5 Å². The van der Waals surface area contributed by atoms with Gasteiger partial charge in [-0.3, -0.25) is 4.79 Å². The molecule has 1 N–H and O–H groups in total. The number of rotatable bonds is 6. The lowest BCUT2D eigenvalue weighted by Gasteiger charge is -2.31. The van der Waals surface area contributed by atoms with Crippen LogP contribution in [0.5, 0.6) is 0 Å². The number of nitrogens with zero attached hydrogens (tertiary/aromatic N) is 1. The van der Waals surface area contributed by atoms with E-state index in [1.54, 1.807) is 6.92 Å². The zero-order chi connectivity index (χ0) is 20.1. The fourth-order valence-corrected chi connectivity index (χ4v) is 4.83. The highest BCUT2D eigenvalue weighted by atomic mass is 32.2. The molecule has 0 aliphatic carbocycles. The summed E-state index contributed by atoms with van der Waals surface area (Å²) in [6, 6.07) is 17.9. The van der Waals surface area contributed by atoms with Gasteiger partial charge in [-0.05, 0) is 37.8 Å². The van der Waals surface area contributed by atoms with Crippen LogP contribution in [0.25, 0.3) is 0 Å². The van der Waals surface area contributed by atoms with E-state index in [1.165, 1.54) is 4.31 Å². The molecule has 1 fully saturated rings. The van der Waals surface area contributed by atoms with Crippen LogP contribution in [0.15, 0.2) is 54.6 Å². The first-order valence-corrected chi connectivity index (χ1v) is 11.4. The van der Waals surface area contributed by atoms with Gasteiger partial charge in [-0.1, -0.05) is 60.2 Å². The van der Waals surface area contributed by atoms with Gasteiger partial charge in [0.2, 0.25) is 15.9 Å². The third kappa shape index (κ3) is 4.80. The average molecular weight is 401 g/mol. The second-order valence-electron chi connectivity index (χ2n) is 7.34. The molecule has 1 saturated heterocycles. The van der Waals surface area contributed by atoms with Crippen molar-refractivity contribution in [3.8, 4) is 0 Å². The van der Waals surface area contributed by atoms with Gasteiger partial charge < -0.3 is 5.32 Å². The van der Waals surface area contributed by atoms with Gasteiger partial charge in [0, 0.05) is 19.0 Å². The van der Waals surface area contributed by atoms with E-state index in [-0.39, 0.29) is 23.6 Å². The predicted octanol–water partition coefficient (Wildman–Crippen LogP) is 3.26. The summed E-state index contributed by atoms with van der Waals surface area (Å²) >= 11 is 0. The van der Waals surface area contributed by atoms with Crippen molar-refractivity contribution in [2.24, 2.45) is 5.92 Å². The second kappa shape index (κ2) is 8.88. The van der Waals surface area contributed by atoms with E-state index in [1.807, 2.05) is 55.5 Å². The summed E-state index contributed by atoms with van der Waals surface area (Å²) in [4.78, 5) is 13.0. The highest BCUT2D eigenvalue weighted by molar-refractivity contribution is 7.89. The van der Waals surface area contributed by atoms with E-state index in [2.05, 4.69) is 11.4 Å². The van der Waals surface area contributed by atoms with Crippen molar-refractivity contribution in [1.29, 1.82) is 0 Å². The lowest BCUT2D eigenvalue weighted by molar-refractivity contribution is -0.126. The molecule has 1 atom stereocenters. The molecule has 6 heteroatoms. The van der Waals surface area contributed by atoms with Gasteiger partial charge in [0.1, 0.15) is 0 Å². The van der Waals surface area contributed by atoms with Gasteiger partial charge in [-0.15, -0.1) is 0 Å². The monoisotopic (exact) mass is 400 g/mol. The van der Waals surface area contributed by atoms with E-state index in [0.717, 1.165) is 16.7 Å². The van der Waals surface area contributed by atoms with Crippen LogP contribution >= 0.6 is 0 Å². The zero-order valence-corrected chi connectivity index (χ0v) is 17.3. The van der Waals surface area contributed by atoms with Crippen LogP contribution in [0, 0.1) is 12.8 Å². The van der Waals surface area contributed by atoms with E-state index in [0.29, 0.717) is 25.9 Å². The molecule has 3 rings (SSSR count). The van der Waals surface area contributed by atoms with Gasteiger partial charge in [-0.25, -0.2) is 12.7 Å². The van der Waals surface area contributed by atoms with Crippen molar-refractivity contribution in [2.75, 3.05) is 18.8 Å². The van der Waals surface area contributed by atoms with Crippen molar-refractivity contribution >= 4 is 15.9 Å². The molecule has 1 aliphatic rings. The van der Waals surface area contributed by atoms with E-state index < -0.39 is 10.0 Å². The molecule has 0 spiro atoms. The Morgan fingerprint density at radius 2 is 1.71 bits per heavy atom. The maximum Gasteiger partial charge on any atom is 0.223 e. The summed E-state index contributed by atoms with van der Waals surface area (Å²) in [5, 5.41) is 3.21. The van der Waals surface area contributed by atoms with Crippen LogP contribution in [0.2, 0.25) is 0 Å². The molecule has 0 saturated carbocycles. The maximum absolute atomic E-state index is 13.0. The molecule has 0 bridgehead atoms. The molecule has 150 valence electrons. The quantitative estimate of drug-likeness (QED) is 0.809. The molecule has 1 aliphatic heterocycles. The molecular formula is C22H28N2O3S. The largest absolute Gasteiger partial charge is 0.345 e. The number of carbonyl (C=O) groups excluding carboxylic acids is 1. The second-order valence-corrected chi connectivity index (χ2v) is 9.60. The third-order valence-electron chi connectivity index (χ3n) is 5.38. The number of carbonyl (C=O) groups is 1. The van der Waals surface area contributed by atoms with Crippen LogP contribution in [0.4, 0.5) is 0 Å². The minimum absolute atomic E-state index is 0.0103. The van der Waals surface area contributed by atoms with Gasteiger partial charge in [-0.2, -0.15) is 0 Å². The molecule has 0 radical (unpaired) electrons. The Labute approximate surface area is 167 Å². The number of benzene rings is 2. The van der Waals surface area contributed by atoms with Gasteiger partial charge >= 0.3 is 0 Å². The van der Waals surface area contributed by atoms with Crippen LogP contribution in [0.3, 0.4) is 0 Å². The van der Waals surface area contributed by atoms with Crippen LogP contribution < -0.4 is 5.32 Å². The minimum atomic E-state index is -3.18. The fourth-order valence-electron chi connectivity index (χ4n) is 3.69. The molecule has 1 amide bonds.